The van der Waals surface area contributed by atoms with Gasteiger partial charge in [0, 0.05) is 18.0 Å². The number of hydrogen-bond donors (Lipinski definition) is 1. The van der Waals surface area contributed by atoms with Crippen molar-refractivity contribution < 1.29 is 24.2 Å². The van der Waals surface area contributed by atoms with Crippen LogP contribution in [0.25, 0.3) is 0 Å². The molecule has 2 aliphatic heterocycles. The Morgan fingerprint density at radius 3 is 2.50 bits per heavy atom. The van der Waals surface area contributed by atoms with E-state index in [1.807, 2.05) is 6.92 Å². The Labute approximate surface area is 143 Å². The van der Waals surface area contributed by atoms with E-state index >= 15 is 0 Å². The number of ether oxygens (including phenoxy) is 2. The first-order chi connectivity index (χ1) is 11.5. The van der Waals surface area contributed by atoms with E-state index in [0.717, 1.165) is 25.9 Å². The van der Waals surface area contributed by atoms with Crippen LogP contribution in [0.1, 0.15) is 33.6 Å². The average molecular weight is 337 g/mol. The molecule has 2 saturated heterocycles. The van der Waals surface area contributed by atoms with Gasteiger partial charge in [-0.05, 0) is 40.2 Å². The topological polar surface area (TPSA) is 76.1 Å². The third kappa shape index (κ3) is 4.05. The molecule has 24 heavy (non-hydrogen) atoms. The number of carbonyl (C=O) groups is 2. The van der Waals surface area contributed by atoms with Crippen molar-refractivity contribution in [2.45, 2.75) is 45.8 Å². The van der Waals surface area contributed by atoms with Crippen molar-refractivity contribution >= 4 is 11.9 Å². The lowest BCUT2D eigenvalue weighted by atomic mass is 9.97. The largest absolute Gasteiger partial charge is 0.462 e. The number of aliphatic hydroxyl groups is 1. The molecule has 1 unspecified atom stereocenters. The molecule has 0 bridgehead atoms. The Hall–Kier alpha value is -1.66. The highest BCUT2D eigenvalue weighted by Crippen LogP contribution is 2.35. The lowest BCUT2D eigenvalue weighted by molar-refractivity contribution is -0.148. The zero-order valence-corrected chi connectivity index (χ0v) is 14.7. The molecule has 0 aromatic carbocycles. The molecule has 3 atom stereocenters. The van der Waals surface area contributed by atoms with Crippen molar-refractivity contribution in [1.29, 1.82) is 0 Å². The van der Waals surface area contributed by atoms with Gasteiger partial charge in [0.05, 0.1) is 24.8 Å². The molecule has 0 aliphatic carbocycles. The van der Waals surface area contributed by atoms with E-state index in [1.54, 1.807) is 26.0 Å². The van der Waals surface area contributed by atoms with Crippen LogP contribution in [0.2, 0.25) is 0 Å². The quantitative estimate of drug-likeness (QED) is 0.584. The van der Waals surface area contributed by atoms with Crippen molar-refractivity contribution in [3.63, 3.8) is 0 Å². The first kappa shape index (κ1) is 18.7. The Morgan fingerprint density at radius 1 is 1.17 bits per heavy atom. The lowest BCUT2D eigenvalue weighted by Gasteiger charge is -2.26. The maximum atomic E-state index is 12.0. The molecule has 2 aliphatic rings. The Kier molecular flexibility index (Phi) is 6.57. The molecule has 0 aromatic rings. The van der Waals surface area contributed by atoms with Crippen molar-refractivity contribution in [2.75, 3.05) is 26.3 Å². The molecule has 1 N–H and O–H groups in total. The normalized spacial score (nSPS) is 27.9. The van der Waals surface area contributed by atoms with Crippen LogP contribution in [0.4, 0.5) is 0 Å². The van der Waals surface area contributed by atoms with Crippen molar-refractivity contribution in [3.8, 4) is 0 Å². The van der Waals surface area contributed by atoms with Gasteiger partial charge in [-0.25, -0.2) is 9.59 Å². The highest BCUT2D eigenvalue weighted by Gasteiger charge is 2.46. The summed E-state index contributed by atoms with van der Waals surface area (Å²) in [6.07, 6.45) is 4.88. The molecule has 0 aromatic heterocycles. The minimum absolute atomic E-state index is 0.106. The predicted octanol–water partition coefficient (Wildman–Crippen LogP) is 1.44. The predicted molar refractivity (Wildman–Crippen MR) is 89.2 cm³/mol. The van der Waals surface area contributed by atoms with Crippen LogP contribution in [0.5, 0.6) is 0 Å². The summed E-state index contributed by atoms with van der Waals surface area (Å²) < 4.78 is 11.0. The molecule has 0 saturated carbocycles. The van der Waals surface area contributed by atoms with Crippen LogP contribution >= 0.6 is 0 Å². The summed E-state index contributed by atoms with van der Waals surface area (Å²) in [5.74, 6) is -0.602. The third-order valence-corrected chi connectivity index (χ3v) is 5.00. The fourth-order valence-corrected chi connectivity index (χ4v) is 3.42. The van der Waals surface area contributed by atoms with Gasteiger partial charge in [-0.3, -0.25) is 4.90 Å². The summed E-state index contributed by atoms with van der Waals surface area (Å²) in [6.45, 7) is 7.05. The highest BCUT2D eigenvalue weighted by atomic mass is 16.5. The number of rotatable bonds is 6. The van der Waals surface area contributed by atoms with Crippen molar-refractivity contribution in [3.05, 3.63) is 23.3 Å². The van der Waals surface area contributed by atoms with E-state index in [1.165, 1.54) is 0 Å². The van der Waals surface area contributed by atoms with E-state index in [2.05, 4.69) is 4.90 Å². The number of nitrogens with zero attached hydrogens (tertiary/aromatic N) is 1. The molecule has 134 valence electrons. The Bertz CT molecular complexity index is 540. The van der Waals surface area contributed by atoms with E-state index < -0.39 is 5.97 Å². The van der Waals surface area contributed by atoms with Crippen molar-refractivity contribution in [1.82, 2.24) is 4.90 Å². The van der Waals surface area contributed by atoms with Gasteiger partial charge in [0.25, 0.3) is 0 Å². The van der Waals surface area contributed by atoms with Gasteiger partial charge >= 0.3 is 11.9 Å². The molecular formula is C18H27NO5. The van der Waals surface area contributed by atoms with Gasteiger partial charge in [-0.2, -0.15) is 0 Å². The summed E-state index contributed by atoms with van der Waals surface area (Å²) in [5.41, 5.74) is 0.873. The van der Waals surface area contributed by atoms with Gasteiger partial charge in [0.1, 0.15) is 6.10 Å². The van der Waals surface area contributed by atoms with Gasteiger partial charge < -0.3 is 14.6 Å². The van der Waals surface area contributed by atoms with Gasteiger partial charge in [0.15, 0.2) is 0 Å². The van der Waals surface area contributed by atoms with Crippen molar-refractivity contribution in [2.24, 2.45) is 5.92 Å². The molecule has 6 heteroatoms. The molecule has 0 amide bonds. The number of esters is 2. The minimum Gasteiger partial charge on any atom is -0.462 e. The van der Waals surface area contributed by atoms with E-state index in [-0.39, 0.29) is 42.8 Å². The standard InChI is InChI=1S/C18H27NO5/c1-4-12(3)17(21)24-15-7-9-19-8-6-14(16(15)19)11-23-18(22)13(5-2)10-20/h4-5,14-16,20H,6-11H2,1-3H3/b12-4-,13-5+/t14-,15-,16?/m1/s1. The van der Waals surface area contributed by atoms with Crippen LogP contribution in [0.15, 0.2) is 23.3 Å². The smallest absolute Gasteiger partial charge is 0.336 e. The second-order valence-corrected chi connectivity index (χ2v) is 6.35. The summed E-state index contributed by atoms with van der Waals surface area (Å²) >= 11 is 0. The molecular weight excluding hydrogens is 310 g/mol. The molecule has 0 spiro atoms. The Morgan fingerprint density at radius 2 is 1.88 bits per heavy atom. The zero-order chi connectivity index (χ0) is 17.7. The average Bonchev–Trinajstić information content (AvgIpc) is 3.16. The summed E-state index contributed by atoms with van der Waals surface area (Å²) in [4.78, 5) is 26.2. The molecule has 2 heterocycles. The second-order valence-electron chi connectivity index (χ2n) is 6.35. The van der Waals surface area contributed by atoms with E-state index in [9.17, 15) is 9.59 Å². The highest BCUT2D eigenvalue weighted by molar-refractivity contribution is 5.88. The van der Waals surface area contributed by atoms with Crippen LogP contribution < -0.4 is 0 Å². The maximum Gasteiger partial charge on any atom is 0.336 e. The third-order valence-electron chi connectivity index (χ3n) is 5.00. The van der Waals surface area contributed by atoms with Gasteiger partial charge in [-0.1, -0.05) is 12.2 Å². The minimum atomic E-state index is -0.477. The summed E-state index contributed by atoms with van der Waals surface area (Å²) in [5, 5.41) is 9.12. The monoisotopic (exact) mass is 337 g/mol. The van der Waals surface area contributed by atoms with E-state index in [0.29, 0.717) is 5.57 Å². The van der Waals surface area contributed by atoms with Crippen LogP contribution in [0, 0.1) is 5.92 Å². The summed E-state index contributed by atoms with van der Waals surface area (Å²) in [7, 11) is 0. The second kappa shape index (κ2) is 8.44. The maximum absolute atomic E-state index is 12.0. The number of aliphatic hydroxyl groups excluding tert-OH is 1. The van der Waals surface area contributed by atoms with Crippen LogP contribution in [-0.4, -0.2) is 60.4 Å². The zero-order valence-electron chi connectivity index (χ0n) is 14.7. The number of allylic oxidation sites excluding steroid dienone is 2. The number of hydrogen-bond acceptors (Lipinski definition) is 6. The van der Waals surface area contributed by atoms with E-state index in [4.69, 9.17) is 14.6 Å². The first-order valence-electron chi connectivity index (χ1n) is 8.52. The summed E-state index contributed by atoms with van der Waals surface area (Å²) in [6, 6.07) is 0.106. The Balaban J connectivity index is 1.95. The molecule has 2 fully saturated rings. The lowest BCUT2D eigenvalue weighted by Crippen LogP contribution is -2.38. The van der Waals surface area contributed by atoms with Crippen LogP contribution in [0.3, 0.4) is 0 Å². The fraction of sp³-hybridized carbons (Fsp3) is 0.667. The molecule has 6 nitrogen and oxygen atoms in total. The number of carbonyl (C=O) groups excluding carboxylic acids is 2. The molecule has 0 radical (unpaired) electrons. The van der Waals surface area contributed by atoms with Gasteiger partial charge in [-0.15, -0.1) is 0 Å². The van der Waals surface area contributed by atoms with Gasteiger partial charge in [0.2, 0.25) is 0 Å². The number of fused-ring (bicyclic) bond motifs is 1. The van der Waals surface area contributed by atoms with Crippen LogP contribution in [-0.2, 0) is 19.1 Å². The fourth-order valence-electron chi connectivity index (χ4n) is 3.42. The SMILES string of the molecule is C/C=C(/C)C(=O)O[C@@H]1CCN2CC[C@H](COC(=O)/C(=C/C)CO)C12. The first-order valence-corrected chi connectivity index (χ1v) is 8.52. The molecule has 2 rings (SSSR count).